The van der Waals surface area contributed by atoms with Gasteiger partial charge in [0.05, 0.1) is 27.7 Å². The zero-order chi connectivity index (χ0) is 28.8. The normalized spacial score (nSPS) is 21.4. The quantitative estimate of drug-likeness (QED) is 0.377. The lowest BCUT2D eigenvalue weighted by molar-refractivity contribution is -0.147. The first-order valence-corrected chi connectivity index (χ1v) is 15.4. The molecule has 3 aromatic rings. The van der Waals surface area contributed by atoms with Crippen molar-refractivity contribution < 1.29 is 36.6 Å². The molecular weight excluding hydrogens is 567 g/mol. The van der Waals surface area contributed by atoms with E-state index in [1.54, 1.807) is 35.1 Å². The van der Waals surface area contributed by atoms with E-state index < -0.39 is 34.4 Å². The van der Waals surface area contributed by atoms with E-state index in [1.807, 2.05) is 0 Å². The lowest BCUT2D eigenvalue weighted by Crippen LogP contribution is -2.48. The Bertz CT molecular complexity index is 1520. The number of thiazole rings is 1. The minimum atomic E-state index is -4.74. The Morgan fingerprint density at radius 1 is 1.12 bits per heavy atom. The third-order valence-electron chi connectivity index (χ3n) is 7.66. The first kappa shape index (κ1) is 28.9. The van der Waals surface area contributed by atoms with Gasteiger partial charge in [0.15, 0.2) is 5.01 Å². The van der Waals surface area contributed by atoms with E-state index in [9.17, 15) is 36.6 Å². The van der Waals surface area contributed by atoms with Crippen LogP contribution in [0.1, 0.15) is 48.1 Å². The van der Waals surface area contributed by atoms with E-state index in [-0.39, 0.29) is 40.7 Å². The maximum Gasteiger partial charge on any atom is 0.404 e. The number of β-amino-alcohol motifs (C(OH)–C–C–N with tert-alkyl or cyclic N) is 1. The Hall–Kier alpha value is -2.58. The summed E-state index contributed by atoms with van der Waals surface area (Å²) in [5.74, 6) is 0.0561. The maximum absolute atomic E-state index is 13.4. The fourth-order valence-electron chi connectivity index (χ4n) is 5.07. The number of halogens is 3. The molecule has 3 unspecified atom stereocenters. The molecule has 2 heterocycles. The molecule has 3 N–H and O–H groups in total. The van der Waals surface area contributed by atoms with E-state index in [2.05, 4.69) is 0 Å². The van der Waals surface area contributed by atoms with Gasteiger partial charge in [-0.05, 0) is 37.1 Å². The first-order valence-electron chi connectivity index (χ1n) is 13.1. The van der Waals surface area contributed by atoms with Crippen molar-refractivity contribution in [2.24, 2.45) is 5.92 Å². The van der Waals surface area contributed by atoms with Crippen LogP contribution in [-0.2, 0) is 16.4 Å². The van der Waals surface area contributed by atoms with E-state index in [1.165, 1.54) is 22.3 Å². The van der Waals surface area contributed by atoms with E-state index in [0.717, 1.165) is 26.2 Å². The minimum absolute atomic E-state index is 0.00823. The summed E-state index contributed by atoms with van der Waals surface area (Å²) in [7, 11) is -4.51. The van der Waals surface area contributed by atoms with Crippen LogP contribution < -0.4 is 4.72 Å². The number of likely N-dealkylation sites (tertiary alicyclic amines) is 1. The van der Waals surface area contributed by atoms with Crippen LogP contribution in [0, 0.1) is 5.92 Å². The average molecular weight is 598 g/mol. The Balaban J connectivity index is 1.56. The number of piperidine rings is 1. The molecule has 5 rings (SSSR count). The number of carbonyl (C=O) groups excluding carboxylic acids is 1. The number of nitrogens with one attached hydrogen (secondary N) is 1. The van der Waals surface area contributed by atoms with Gasteiger partial charge in [-0.2, -0.15) is 17.9 Å². The largest absolute Gasteiger partial charge is 0.404 e. The number of fused-ring (bicyclic) bond motifs is 1. The van der Waals surface area contributed by atoms with Crippen LogP contribution in [0.4, 0.5) is 13.2 Å². The Labute approximate surface area is 233 Å². The number of aliphatic hydroxyl groups excluding tert-OH is 2. The lowest BCUT2D eigenvalue weighted by Gasteiger charge is -2.32. The highest BCUT2D eigenvalue weighted by molar-refractivity contribution is 7.89. The summed E-state index contributed by atoms with van der Waals surface area (Å²) in [6, 6.07) is 7.16. The van der Waals surface area contributed by atoms with Gasteiger partial charge in [0.1, 0.15) is 6.04 Å². The highest BCUT2D eigenvalue weighted by atomic mass is 32.2. The fourth-order valence-corrected chi connectivity index (χ4v) is 7.61. The highest BCUT2D eigenvalue weighted by Crippen LogP contribution is 2.41. The van der Waals surface area contributed by atoms with E-state index >= 15 is 0 Å². The molecule has 1 amide bonds. The molecular formula is C27H30F3N3O5S2. The third-order valence-corrected chi connectivity index (χ3v) is 10.4. The van der Waals surface area contributed by atoms with Gasteiger partial charge >= 0.3 is 6.18 Å². The third kappa shape index (κ3) is 5.75. The van der Waals surface area contributed by atoms with Crippen molar-refractivity contribution in [1.82, 2.24) is 14.6 Å². The number of alkyl halides is 3. The maximum atomic E-state index is 13.4. The smallest absolute Gasteiger partial charge is 0.390 e. The van der Waals surface area contributed by atoms with Crippen LogP contribution in [0.25, 0.3) is 21.2 Å². The van der Waals surface area contributed by atoms with Crippen molar-refractivity contribution in [3.8, 4) is 10.4 Å². The van der Waals surface area contributed by atoms with Crippen molar-refractivity contribution in [3.63, 3.8) is 0 Å². The molecule has 1 aromatic heterocycles. The van der Waals surface area contributed by atoms with E-state index in [0.29, 0.717) is 33.9 Å². The van der Waals surface area contributed by atoms with Crippen molar-refractivity contribution in [1.29, 1.82) is 0 Å². The van der Waals surface area contributed by atoms with Crippen molar-refractivity contribution in [2.45, 2.75) is 68.3 Å². The Morgan fingerprint density at radius 2 is 1.82 bits per heavy atom. The van der Waals surface area contributed by atoms with Crippen LogP contribution in [0.5, 0.6) is 0 Å². The number of nitrogens with zero attached hydrogens (tertiary/aromatic N) is 2. The molecule has 0 spiro atoms. The second-order valence-electron chi connectivity index (χ2n) is 10.5. The molecule has 1 saturated heterocycles. The predicted octanol–water partition coefficient (Wildman–Crippen LogP) is 4.10. The second kappa shape index (κ2) is 11.0. The molecule has 40 heavy (non-hydrogen) atoms. The molecule has 2 aromatic carbocycles. The average Bonchev–Trinajstić information content (AvgIpc) is 3.29. The summed E-state index contributed by atoms with van der Waals surface area (Å²) in [5.41, 5.74) is 1.35. The summed E-state index contributed by atoms with van der Waals surface area (Å²) in [4.78, 5) is 19.9. The Morgan fingerprint density at radius 3 is 2.45 bits per heavy atom. The van der Waals surface area contributed by atoms with Crippen molar-refractivity contribution in [2.75, 3.05) is 13.1 Å². The molecule has 1 aliphatic heterocycles. The van der Waals surface area contributed by atoms with E-state index in [4.69, 9.17) is 4.98 Å². The first-order chi connectivity index (χ1) is 18.8. The van der Waals surface area contributed by atoms with Crippen LogP contribution in [0.15, 0.2) is 41.3 Å². The summed E-state index contributed by atoms with van der Waals surface area (Å²) in [6.45, 7) is 1.02. The summed E-state index contributed by atoms with van der Waals surface area (Å²) in [6.07, 6.45) is -2.59. The van der Waals surface area contributed by atoms with Gasteiger partial charge in [0.25, 0.3) is 5.91 Å². The molecule has 8 nitrogen and oxygen atoms in total. The number of sulfonamides is 1. The molecule has 2 aliphatic rings. The second-order valence-corrected chi connectivity index (χ2v) is 13.2. The number of benzene rings is 2. The number of hydrogen-bond acceptors (Lipinski definition) is 7. The monoisotopic (exact) mass is 597 g/mol. The number of carbonyl (C=O) groups is 1. The van der Waals surface area contributed by atoms with Gasteiger partial charge < -0.3 is 15.1 Å². The Kier molecular flexibility index (Phi) is 7.96. The predicted molar refractivity (Wildman–Crippen MR) is 144 cm³/mol. The minimum Gasteiger partial charge on any atom is -0.390 e. The van der Waals surface area contributed by atoms with Gasteiger partial charge in [-0.25, -0.2) is 13.4 Å². The molecule has 1 saturated carbocycles. The molecule has 0 radical (unpaired) electrons. The number of amides is 1. The van der Waals surface area contributed by atoms with Crippen LogP contribution in [-0.4, -0.2) is 71.9 Å². The van der Waals surface area contributed by atoms with Gasteiger partial charge in [-0.3, -0.25) is 4.79 Å². The van der Waals surface area contributed by atoms with Crippen molar-refractivity contribution in [3.05, 3.63) is 47.1 Å². The van der Waals surface area contributed by atoms with Gasteiger partial charge in [0.2, 0.25) is 10.0 Å². The summed E-state index contributed by atoms with van der Waals surface area (Å²) in [5, 5.41) is 20.9. The van der Waals surface area contributed by atoms with Crippen LogP contribution >= 0.6 is 11.3 Å². The zero-order valence-electron chi connectivity index (χ0n) is 21.7. The lowest BCUT2D eigenvalue weighted by atomic mass is 9.81. The fraction of sp³-hybridized carbons (Fsp3) is 0.481. The van der Waals surface area contributed by atoms with Crippen LogP contribution in [0.3, 0.4) is 0 Å². The molecule has 13 heteroatoms. The van der Waals surface area contributed by atoms with Gasteiger partial charge in [-0.1, -0.05) is 49.6 Å². The zero-order valence-corrected chi connectivity index (χ0v) is 23.3. The molecule has 1 aliphatic carbocycles. The number of hydrogen-bond donors (Lipinski definition) is 3. The molecule has 2 fully saturated rings. The van der Waals surface area contributed by atoms with Crippen LogP contribution in [0.2, 0.25) is 0 Å². The number of rotatable bonds is 7. The summed E-state index contributed by atoms with van der Waals surface area (Å²) >= 11 is 1.17. The SMILES string of the molecule is CC(NS(=O)(=O)c1ccc(-c2sc(C(=O)N3CCC(O)C(O)C3)nc2CC2CCC2)c2ccccc12)C(F)(F)F. The molecule has 0 bridgehead atoms. The molecule has 216 valence electrons. The van der Waals surface area contributed by atoms with Crippen molar-refractivity contribution >= 4 is 38.0 Å². The number of aliphatic hydroxyl groups is 2. The highest BCUT2D eigenvalue weighted by Gasteiger charge is 2.39. The van der Waals surface area contributed by atoms with Gasteiger partial charge in [-0.15, -0.1) is 11.3 Å². The van der Waals surface area contributed by atoms with Gasteiger partial charge in [0, 0.05) is 24.0 Å². The molecule has 3 atom stereocenters. The standard InChI is InChI=1S/C27H30F3N3O5S2/c1-15(27(28,29)30)32-40(37,38)23-10-9-19(17-7-2-3-8-18(17)23)24-20(13-16-5-4-6-16)31-25(39-24)26(36)33-12-11-21(34)22(35)14-33/h2-3,7-10,15-16,21-22,32,34-35H,4-6,11-14H2,1H3. The number of aromatic nitrogens is 1. The topological polar surface area (TPSA) is 120 Å². The summed E-state index contributed by atoms with van der Waals surface area (Å²) < 4.78 is 67.2.